The Morgan fingerprint density at radius 1 is 1.00 bits per heavy atom. The van der Waals surface area contributed by atoms with Crippen LogP contribution in [0.15, 0.2) is 36.5 Å². The number of halogens is 3. The third-order valence-corrected chi connectivity index (χ3v) is 7.31. The molecule has 1 saturated heterocycles. The molecule has 1 fully saturated rings. The normalized spacial score (nSPS) is 16.0. The SMILES string of the molecule is CC(C)CN1CCOc2c(F)cc(-c3nc(Nc4ccc(N5CCC(N(C)C)CC5)c(F)c4)ncc3F)cc21. The van der Waals surface area contributed by atoms with Crippen LogP contribution in [0.4, 0.5) is 36.2 Å². The average molecular weight is 541 g/mol. The molecule has 5 rings (SSSR count). The highest BCUT2D eigenvalue weighted by atomic mass is 19.1. The lowest BCUT2D eigenvalue weighted by Crippen LogP contribution is -2.42. The van der Waals surface area contributed by atoms with Gasteiger partial charge in [0.1, 0.15) is 18.1 Å². The van der Waals surface area contributed by atoms with Crippen molar-refractivity contribution in [2.45, 2.75) is 32.7 Å². The molecule has 0 aliphatic carbocycles. The number of hydrogen-bond donors (Lipinski definition) is 1. The van der Waals surface area contributed by atoms with Crippen molar-refractivity contribution in [2.24, 2.45) is 5.92 Å². The van der Waals surface area contributed by atoms with Gasteiger partial charge in [0.15, 0.2) is 17.4 Å². The van der Waals surface area contributed by atoms with E-state index < -0.39 is 11.6 Å². The van der Waals surface area contributed by atoms with Gasteiger partial charge in [-0.3, -0.25) is 0 Å². The summed E-state index contributed by atoms with van der Waals surface area (Å²) < 4.78 is 50.6. The van der Waals surface area contributed by atoms with Crippen LogP contribution in [0.3, 0.4) is 0 Å². The van der Waals surface area contributed by atoms with Crippen LogP contribution in [0.5, 0.6) is 5.75 Å². The van der Waals surface area contributed by atoms with Crippen LogP contribution in [-0.4, -0.2) is 67.8 Å². The maximum absolute atomic E-state index is 15.1. The van der Waals surface area contributed by atoms with Gasteiger partial charge in [-0.2, -0.15) is 0 Å². The molecule has 0 bridgehead atoms. The van der Waals surface area contributed by atoms with Crippen LogP contribution in [0.1, 0.15) is 26.7 Å². The Balaban J connectivity index is 1.37. The van der Waals surface area contributed by atoms with Gasteiger partial charge in [-0.15, -0.1) is 0 Å². The number of ether oxygens (including phenoxy) is 1. The van der Waals surface area contributed by atoms with Crippen molar-refractivity contribution in [3.8, 4) is 17.0 Å². The summed E-state index contributed by atoms with van der Waals surface area (Å²) in [5, 5.41) is 2.96. The summed E-state index contributed by atoms with van der Waals surface area (Å²) in [6.45, 7) is 7.45. The van der Waals surface area contributed by atoms with E-state index >= 15 is 8.78 Å². The number of hydrogen-bond acceptors (Lipinski definition) is 7. The molecular formula is C29H35F3N6O. The predicted molar refractivity (Wildman–Crippen MR) is 149 cm³/mol. The van der Waals surface area contributed by atoms with Crippen molar-refractivity contribution in [1.29, 1.82) is 0 Å². The molecule has 1 aromatic heterocycles. The minimum Gasteiger partial charge on any atom is -0.486 e. The number of nitrogens with zero attached hydrogens (tertiary/aromatic N) is 5. The first kappa shape index (κ1) is 27.1. The Labute approximate surface area is 227 Å². The first-order valence-corrected chi connectivity index (χ1v) is 13.4. The molecule has 3 aromatic rings. The number of nitrogens with one attached hydrogen (secondary N) is 1. The standard InChI is InChI=1S/C29H35F3N6O/c1-18(2)17-38-11-12-39-28-23(31)13-19(14-26(28)38)27-24(32)16-33-29(35-27)34-20-5-6-25(22(30)15-20)37-9-7-21(8-10-37)36(3)4/h5-6,13-16,18,21H,7-12,17H2,1-4H3,(H,33,34,35). The van der Waals surface area contributed by atoms with Crippen LogP contribution < -0.4 is 19.9 Å². The van der Waals surface area contributed by atoms with Gasteiger partial charge in [0, 0.05) is 36.9 Å². The fraction of sp³-hybridized carbons (Fsp3) is 0.448. The van der Waals surface area contributed by atoms with Crippen molar-refractivity contribution in [1.82, 2.24) is 14.9 Å². The first-order valence-electron chi connectivity index (χ1n) is 13.4. The summed E-state index contributed by atoms with van der Waals surface area (Å²) in [6.07, 6.45) is 2.98. The Morgan fingerprint density at radius 2 is 1.77 bits per heavy atom. The molecule has 7 nitrogen and oxygen atoms in total. The number of aromatic nitrogens is 2. The van der Waals surface area contributed by atoms with Gasteiger partial charge in [-0.05, 0) is 63.2 Å². The second kappa shape index (κ2) is 11.3. The van der Waals surface area contributed by atoms with Gasteiger partial charge < -0.3 is 24.8 Å². The number of fused-ring (bicyclic) bond motifs is 1. The molecule has 0 saturated carbocycles. The predicted octanol–water partition coefficient (Wildman–Crippen LogP) is 5.69. The Morgan fingerprint density at radius 3 is 2.46 bits per heavy atom. The molecule has 39 heavy (non-hydrogen) atoms. The van der Waals surface area contributed by atoms with Crippen molar-refractivity contribution >= 4 is 23.0 Å². The van der Waals surface area contributed by atoms with Crippen molar-refractivity contribution in [3.05, 3.63) is 54.0 Å². The van der Waals surface area contributed by atoms with Crippen molar-refractivity contribution in [2.75, 3.05) is 62.0 Å². The smallest absolute Gasteiger partial charge is 0.227 e. The van der Waals surface area contributed by atoms with E-state index in [-0.39, 0.29) is 28.8 Å². The van der Waals surface area contributed by atoms with E-state index in [1.54, 1.807) is 18.2 Å². The van der Waals surface area contributed by atoms with Crippen LogP contribution in [0.25, 0.3) is 11.3 Å². The number of benzene rings is 2. The Bertz CT molecular complexity index is 1330. The zero-order valence-electron chi connectivity index (χ0n) is 22.8. The van der Waals surface area contributed by atoms with Gasteiger partial charge in [0.25, 0.3) is 0 Å². The van der Waals surface area contributed by atoms with Crippen LogP contribution >= 0.6 is 0 Å². The summed E-state index contributed by atoms with van der Waals surface area (Å²) >= 11 is 0. The van der Waals surface area contributed by atoms with E-state index in [0.717, 1.165) is 32.1 Å². The molecule has 0 atom stereocenters. The lowest BCUT2D eigenvalue weighted by atomic mass is 10.0. The molecule has 2 aromatic carbocycles. The quantitative estimate of drug-likeness (QED) is 0.413. The molecule has 208 valence electrons. The minimum atomic E-state index is -0.685. The van der Waals surface area contributed by atoms with Crippen LogP contribution in [0.2, 0.25) is 0 Å². The van der Waals surface area contributed by atoms with Gasteiger partial charge in [-0.25, -0.2) is 23.1 Å². The molecule has 2 aliphatic rings. The van der Waals surface area contributed by atoms with E-state index in [2.05, 4.69) is 53.0 Å². The Kier molecular flexibility index (Phi) is 7.83. The van der Waals surface area contributed by atoms with E-state index in [4.69, 9.17) is 4.74 Å². The second-order valence-corrected chi connectivity index (χ2v) is 10.9. The molecular weight excluding hydrogens is 505 g/mol. The number of piperidine rings is 1. The van der Waals surface area contributed by atoms with E-state index in [9.17, 15) is 4.39 Å². The summed E-state index contributed by atoms with van der Waals surface area (Å²) in [7, 11) is 4.14. The second-order valence-electron chi connectivity index (χ2n) is 10.9. The summed E-state index contributed by atoms with van der Waals surface area (Å²) in [4.78, 5) is 14.7. The molecule has 0 spiro atoms. The molecule has 10 heteroatoms. The molecule has 0 amide bonds. The highest BCUT2D eigenvalue weighted by Gasteiger charge is 2.25. The van der Waals surface area contributed by atoms with Gasteiger partial charge >= 0.3 is 0 Å². The summed E-state index contributed by atoms with van der Waals surface area (Å²) in [5.41, 5.74) is 1.78. The monoisotopic (exact) mass is 540 g/mol. The van der Waals surface area contributed by atoms with Crippen LogP contribution in [0, 0.1) is 23.4 Å². The van der Waals surface area contributed by atoms with Crippen molar-refractivity contribution < 1.29 is 17.9 Å². The van der Waals surface area contributed by atoms with E-state index in [0.29, 0.717) is 48.7 Å². The molecule has 2 aliphatic heterocycles. The minimum absolute atomic E-state index is 0.0508. The molecule has 3 heterocycles. The highest BCUT2D eigenvalue weighted by Crippen LogP contribution is 2.39. The van der Waals surface area contributed by atoms with Crippen molar-refractivity contribution in [3.63, 3.8) is 0 Å². The zero-order chi connectivity index (χ0) is 27.7. The van der Waals surface area contributed by atoms with Gasteiger partial charge in [-0.1, -0.05) is 13.8 Å². The van der Waals surface area contributed by atoms with E-state index in [1.807, 2.05) is 4.90 Å². The maximum atomic E-state index is 15.1. The lowest BCUT2D eigenvalue weighted by molar-refractivity contribution is 0.249. The average Bonchev–Trinajstić information content (AvgIpc) is 2.90. The first-order chi connectivity index (χ1) is 18.7. The maximum Gasteiger partial charge on any atom is 0.227 e. The zero-order valence-corrected chi connectivity index (χ0v) is 22.8. The van der Waals surface area contributed by atoms with Crippen LogP contribution in [-0.2, 0) is 0 Å². The summed E-state index contributed by atoms with van der Waals surface area (Å²) in [6, 6.07) is 8.30. The van der Waals surface area contributed by atoms with Gasteiger partial charge in [0.05, 0.1) is 24.1 Å². The third kappa shape index (κ3) is 5.90. The molecule has 0 unspecified atom stereocenters. The molecule has 1 N–H and O–H groups in total. The fourth-order valence-electron chi connectivity index (χ4n) is 5.33. The van der Waals surface area contributed by atoms with E-state index in [1.165, 1.54) is 12.1 Å². The summed E-state index contributed by atoms with van der Waals surface area (Å²) in [5.74, 6) is -1.01. The highest BCUT2D eigenvalue weighted by molar-refractivity contribution is 5.73. The largest absolute Gasteiger partial charge is 0.486 e. The topological polar surface area (TPSA) is 56.8 Å². The number of rotatable bonds is 7. The molecule has 0 radical (unpaired) electrons. The lowest BCUT2D eigenvalue weighted by Gasteiger charge is -2.36. The third-order valence-electron chi connectivity index (χ3n) is 7.31. The Hall–Kier alpha value is -3.53. The number of anilines is 4. The van der Waals surface area contributed by atoms with Gasteiger partial charge in [0.2, 0.25) is 5.95 Å². The fourth-order valence-corrected chi connectivity index (χ4v) is 5.33.